The molecule has 0 saturated carbocycles. The third-order valence-electron chi connectivity index (χ3n) is 2.41. The molecule has 2 aromatic heterocycles. The van der Waals surface area contributed by atoms with Crippen molar-refractivity contribution in [3.8, 4) is 0 Å². The maximum absolute atomic E-state index is 11.6. The lowest BCUT2D eigenvalue weighted by Crippen LogP contribution is -2.10. The Kier molecular flexibility index (Phi) is 3.96. The molecule has 0 atom stereocenters. The summed E-state index contributed by atoms with van der Waals surface area (Å²) in [6.45, 7) is 2.49. The molecular weight excluding hydrogens is 264 g/mol. The van der Waals surface area contributed by atoms with Gasteiger partial charge in [0.2, 0.25) is 0 Å². The van der Waals surface area contributed by atoms with Crippen molar-refractivity contribution < 1.29 is 9.53 Å². The molecule has 100 valence electrons. The number of carbonyl (C=O) groups excluding carboxylic acids is 1. The summed E-state index contributed by atoms with van der Waals surface area (Å²) in [6, 6.07) is 1.54. The Morgan fingerprint density at radius 2 is 2.26 bits per heavy atom. The summed E-state index contributed by atoms with van der Waals surface area (Å²) in [5.74, 6) is -0.0186. The van der Waals surface area contributed by atoms with Gasteiger partial charge >= 0.3 is 5.97 Å². The second kappa shape index (κ2) is 5.66. The summed E-state index contributed by atoms with van der Waals surface area (Å²) in [7, 11) is 1.32. The summed E-state index contributed by atoms with van der Waals surface area (Å²) in [4.78, 5) is 21.0. The molecule has 2 heterocycles. The number of rotatable bonds is 4. The van der Waals surface area contributed by atoms with Crippen LogP contribution in [0.3, 0.4) is 0 Å². The molecule has 0 fully saturated rings. The van der Waals surface area contributed by atoms with Crippen LogP contribution in [0.2, 0.25) is 0 Å². The monoisotopic (exact) mass is 278 g/mol. The first-order valence-electron chi connectivity index (χ1n) is 5.59. The Hall–Kier alpha value is -2.15. The second-order valence-corrected chi connectivity index (χ2v) is 5.17. The third kappa shape index (κ3) is 3.19. The SMILES string of the molecule is COC(=O)c1cc(N)cnc1NCc1cnc(C)s1. The molecule has 6 nitrogen and oxygen atoms in total. The number of nitrogen functional groups attached to an aromatic ring is 1. The summed E-state index contributed by atoms with van der Waals surface area (Å²) in [6.07, 6.45) is 3.29. The molecule has 0 radical (unpaired) electrons. The predicted octanol–water partition coefficient (Wildman–Crippen LogP) is 1.83. The molecule has 0 aliphatic heterocycles. The van der Waals surface area contributed by atoms with Gasteiger partial charge in [0.1, 0.15) is 11.4 Å². The fraction of sp³-hybridized carbons (Fsp3) is 0.250. The van der Waals surface area contributed by atoms with Crippen molar-refractivity contribution in [1.82, 2.24) is 9.97 Å². The zero-order chi connectivity index (χ0) is 13.8. The fourth-order valence-electron chi connectivity index (χ4n) is 1.55. The lowest BCUT2D eigenvalue weighted by molar-refractivity contribution is 0.0601. The average Bonchev–Trinajstić information content (AvgIpc) is 2.82. The summed E-state index contributed by atoms with van der Waals surface area (Å²) in [5.41, 5.74) is 6.36. The van der Waals surface area contributed by atoms with Crippen molar-refractivity contribution in [3.05, 3.63) is 33.9 Å². The predicted molar refractivity (Wildman–Crippen MR) is 74.2 cm³/mol. The maximum Gasteiger partial charge on any atom is 0.341 e. The lowest BCUT2D eigenvalue weighted by Gasteiger charge is -2.09. The Balaban J connectivity index is 2.17. The first kappa shape index (κ1) is 13.3. The number of nitrogens with zero attached hydrogens (tertiary/aromatic N) is 2. The van der Waals surface area contributed by atoms with Gasteiger partial charge in [0, 0.05) is 11.1 Å². The van der Waals surface area contributed by atoms with Crippen molar-refractivity contribution in [2.24, 2.45) is 0 Å². The summed E-state index contributed by atoms with van der Waals surface area (Å²) in [5, 5.41) is 4.08. The number of hydrogen-bond donors (Lipinski definition) is 2. The normalized spacial score (nSPS) is 10.2. The van der Waals surface area contributed by atoms with E-state index < -0.39 is 5.97 Å². The van der Waals surface area contributed by atoms with E-state index in [1.54, 1.807) is 23.6 Å². The zero-order valence-electron chi connectivity index (χ0n) is 10.6. The van der Waals surface area contributed by atoms with Gasteiger partial charge in [0.25, 0.3) is 0 Å². The molecule has 19 heavy (non-hydrogen) atoms. The number of carbonyl (C=O) groups is 1. The van der Waals surface area contributed by atoms with Crippen LogP contribution < -0.4 is 11.1 Å². The molecule has 3 N–H and O–H groups in total. The first-order chi connectivity index (χ1) is 9.10. The van der Waals surface area contributed by atoms with Gasteiger partial charge < -0.3 is 15.8 Å². The number of aryl methyl sites for hydroxylation is 1. The van der Waals surface area contributed by atoms with Gasteiger partial charge in [-0.25, -0.2) is 14.8 Å². The van der Waals surface area contributed by atoms with Gasteiger partial charge in [-0.3, -0.25) is 0 Å². The van der Waals surface area contributed by atoms with E-state index >= 15 is 0 Å². The highest BCUT2D eigenvalue weighted by Crippen LogP contribution is 2.19. The number of methoxy groups -OCH3 is 1. The van der Waals surface area contributed by atoms with Crippen molar-refractivity contribution in [1.29, 1.82) is 0 Å². The number of nitrogens with two attached hydrogens (primary N) is 1. The van der Waals surface area contributed by atoms with Gasteiger partial charge in [-0.2, -0.15) is 0 Å². The van der Waals surface area contributed by atoms with E-state index in [-0.39, 0.29) is 0 Å². The van der Waals surface area contributed by atoms with E-state index in [0.29, 0.717) is 23.6 Å². The van der Waals surface area contributed by atoms with E-state index in [1.807, 2.05) is 6.92 Å². The molecule has 2 aromatic rings. The zero-order valence-corrected chi connectivity index (χ0v) is 11.5. The van der Waals surface area contributed by atoms with Crippen molar-refractivity contribution >= 4 is 28.8 Å². The first-order valence-corrected chi connectivity index (χ1v) is 6.41. The Bertz CT molecular complexity index is 597. The van der Waals surface area contributed by atoms with E-state index in [0.717, 1.165) is 9.88 Å². The molecule has 0 aliphatic rings. The number of aromatic nitrogens is 2. The van der Waals surface area contributed by atoms with E-state index in [2.05, 4.69) is 15.3 Å². The smallest absolute Gasteiger partial charge is 0.341 e. The van der Waals surface area contributed by atoms with Crippen LogP contribution in [-0.2, 0) is 11.3 Å². The second-order valence-electron chi connectivity index (χ2n) is 3.86. The standard InChI is InChI=1S/C12H14N4O2S/c1-7-14-5-9(19-7)6-16-11-10(12(17)18-2)3-8(13)4-15-11/h3-5H,6,13H2,1-2H3,(H,15,16). The number of thiazole rings is 1. The highest BCUT2D eigenvalue weighted by Gasteiger charge is 2.13. The molecule has 0 unspecified atom stereocenters. The number of nitrogens with one attached hydrogen (secondary N) is 1. The minimum Gasteiger partial charge on any atom is -0.465 e. The Morgan fingerprint density at radius 3 is 2.89 bits per heavy atom. The molecule has 0 spiro atoms. The van der Waals surface area contributed by atoms with Gasteiger partial charge in [0.05, 0.1) is 30.5 Å². The fourth-order valence-corrected chi connectivity index (χ4v) is 2.28. The number of hydrogen-bond acceptors (Lipinski definition) is 7. The summed E-state index contributed by atoms with van der Waals surface area (Å²) < 4.78 is 4.70. The lowest BCUT2D eigenvalue weighted by atomic mass is 10.2. The minimum atomic E-state index is -0.470. The highest BCUT2D eigenvalue weighted by atomic mass is 32.1. The maximum atomic E-state index is 11.6. The van der Waals surface area contributed by atoms with Gasteiger partial charge in [-0.15, -0.1) is 11.3 Å². The van der Waals surface area contributed by atoms with Crippen LogP contribution in [-0.4, -0.2) is 23.0 Å². The van der Waals surface area contributed by atoms with Crippen LogP contribution >= 0.6 is 11.3 Å². The molecule has 7 heteroatoms. The van der Waals surface area contributed by atoms with Gasteiger partial charge in [-0.1, -0.05) is 0 Å². The number of esters is 1. The van der Waals surface area contributed by atoms with Crippen molar-refractivity contribution in [2.75, 3.05) is 18.2 Å². The Morgan fingerprint density at radius 1 is 1.47 bits per heavy atom. The minimum absolute atomic E-state index is 0.323. The van der Waals surface area contributed by atoms with Gasteiger partial charge in [-0.05, 0) is 13.0 Å². The quantitative estimate of drug-likeness (QED) is 0.829. The number of anilines is 2. The van der Waals surface area contributed by atoms with Crippen LogP contribution in [0.15, 0.2) is 18.5 Å². The van der Waals surface area contributed by atoms with Crippen LogP contribution in [0.4, 0.5) is 11.5 Å². The molecule has 2 rings (SSSR count). The van der Waals surface area contributed by atoms with E-state index in [9.17, 15) is 4.79 Å². The topological polar surface area (TPSA) is 90.1 Å². The molecular formula is C12H14N4O2S. The average molecular weight is 278 g/mol. The molecule has 0 saturated heterocycles. The van der Waals surface area contributed by atoms with Crippen molar-refractivity contribution in [2.45, 2.75) is 13.5 Å². The van der Waals surface area contributed by atoms with E-state index in [4.69, 9.17) is 10.5 Å². The van der Waals surface area contributed by atoms with Crippen molar-refractivity contribution in [3.63, 3.8) is 0 Å². The van der Waals surface area contributed by atoms with Gasteiger partial charge in [0.15, 0.2) is 0 Å². The van der Waals surface area contributed by atoms with E-state index in [1.165, 1.54) is 13.3 Å². The van der Waals surface area contributed by atoms with Crippen LogP contribution in [0.1, 0.15) is 20.2 Å². The summed E-state index contributed by atoms with van der Waals surface area (Å²) >= 11 is 1.59. The van der Waals surface area contributed by atoms with Crippen LogP contribution in [0.5, 0.6) is 0 Å². The highest BCUT2D eigenvalue weighted by molar-refractivity contribution is 7.11. The largest absolute Gasteiger partial charge is 0.465 e. The van der Waals surface area contributed by atoms with Crippen LogP contribution in [0.25, 0.3) is 0 Å². The molecule has 0 aliphatic carbocycles. The molecule has 0 amide bonds. The Labute approximate surface area is 114 Å². The number of ether oxygens (including phenoxy) is 1. The van der Waals surface area contributed by atoms with Crippen LogP contribution in [0, 0.1) is 6.92 Å². The third-order valence-corrected chi connectivity index (χ3v) is 3.33. The molecule has 0 bridgehead atoms. The molecule has 0 aromatic carbocycles. The number of pyridine rings is 1.